The highest BCUT2D eigenvalue weighted by atomic mass is 32.2. The number of hydrogen-bond acceptors (Lipinski definition) is 15. The molecule has 286 valence electrons. The van der Waals surface area contributed by atoms with Crippen molar-refractivity contribution in [1.82, 2.24) is 15.0 Å². The lowest BCUT2D eigenvalue weighted by Crippen LogP contribution is -2.05. The van der Waals surface area contributed by atoms with E-state index in [1.807, 2.05) is 0 Å². The number of nitrogens with zero attached hydrogens (tertiary/aromatic N) is 7. The number of rotatable bonds is 9. The average molecular weight is 840 g/mol. The molecule has 20 nitrogen and oxygen atoms in total. The van der Waals surface area contributed by atoms with Gasteiger partial charge in [0.2, 0.25) is 0 Å². The molecule has 24 heteroatoms. The van der Waals surface area contributed by atoms with Crippen LogP contribution in [0.4, 0.5) is 22.7 Å². The van der Waals surface area contributed by atoms with Crippen molar-refractivity contribution < 1.29 is 57.0 Å². The van der Waals surface area contributed by atoms with Gasteiger partial charge in [-0.15, -0.1) is 15.3 Å². The van der Waals surface area contributed by atoms with Crippen molar-refractivity contribution >= 4 is 95.8 Å². The van der Waals surface area contributed by atoms with Gasteiger partial charge in [-0.25, -0.2) is 0 Å². The Morgan fingerprint density at radius 2 is 1.05 bits per heavy atom. The van der Waals surface area contributed by atoms with Gasteiger partial charge in [0, 0.05) is 10.8 Å². The van der Waals surface area contributed by atoms with Gasteiger partial charge in [0.25, 0.3) is 40.5 Å². The largest absolute Gasteiger partial charge is 0.505 e. The van der Waals surface area contributed by atoms with Crippen molar-refractivity contribution in [3.8, 4) is 11.4 Å². The van der Waals surface area contributed by atoms with Gasteiger partial charge < -0.3 is 5.11 Å². The average Bonchev–Trinajstić information content (AvgIpc) is 3.57. The molecule has 0 aliphatic rings. The number of phenols is 1. The van der Waals surface area contributed by atoms with E-state index in [1.165, 1.54) is 66.7 Å². The maximum absolute atomic E-state index is 12.5. The molecule has 0 aliphatic heterocycles. The predicted octanol–water partition coefficient (Wildman–Crippen LogP) is 6.25. The van der Waals surface area contributed by atoms with Crippen LogP contribution in [0.15, 0.2) is 137 Å². The predicted molar refractivity (Wildman–Crippen MR) is 196 cm³/mol. The maximum atomic E-state index is 12.5. The Balaban J connectivity index is 1.23. The summed E-state index contributed by atoms with van der Waals surface area (Å²) in [6.45, 7) is 0. The summed E-state index contributed by atoms with van der Waals surface area (Å²) in [6, 6.07) is 20.1. The Kier molecular flexibility index (Phi) is 9.25. The van der Waals surface area contributed by atoms with Gasteiger partial charge in [-0.1, -0.05) is 6.07 Å². The lowest BCUT2D eigenvalue weighted by molar-refractivity contribution is 0.472. The minimum Gasteiger partial charge on any atom is -0.505 e. The highest BCUT2D eigenvalue weighted by Gasteiger charge is 2.25. The maximum Gasteiger partial charge on any atom is 0.296 e. The molecule has 1 aromatic heterocycles. The summed E-state index contributed by atoms with van der Waals surface area (Å²) in [7, 11) is -19.3. The third-order valence-corrected chi connectivity index (χ3v) is 11.5. The van der Waals surface area contributed by atoms with E-state index < -0.39 is 66.6 Å². The minimum atomic E-state index is -5.06. The Labute approximate surface area is 315 Å². The van der Waals surface area contributed by atoms with Crippen molar-refractivity contribution in [2.45, 2.75) is 19.6 Å². The fourth-order valence-corrected chi connectivity index (χ4v) is 7.99. The van der Waals surface area contributed by atoms with Crippen molar-refractivity contribution in [1.29, 1.82) is 0 Å². The van der Waals surface area contributed by atoms with Crippen LogP contribution in [0.5, 0.6) is 5.75 Å². The topological polar surface area (TPSA) is 318 Å². The Morgan fingerprint density at radius 3 is 1.61 bits per heavy atom. The van der Waals surface area contributed by atoms with Crippen molar-refractivity contribution in [2.24, 2.45) is 20.5 Å². The van der Waals surface area contributed by atoms with E-state index in [9.17, 15) is 52.4 Å². The van der Waals surface area contributed by atoms with Gasteiger partial charge in [-0.05, 0) is 102 Å². The van der Waals surface area contributed by atoms with Crippen molar-refractivity contribution in [3.63, 3.8) is 0 Å². The molecule has 7 aromatic rings. The summed E-state index contributed by atoms with van der Waals surface area (Å²) in [4.78, 5) is -1.77. The molecule has 0 saturated heterocycles. The molecule has 0 aliphatic carbocycles. The van der Waals surface area contributed by atoms with Gasteiger partial charge in [0.05, 0.1) is 32.5 Å². The van der Waals surface area contributed by atoms with Gasteiger partial charge in [-0.2, -0.15) is 53.8 Å². The number of aromatic nitrogens is 3. The number of benzene rings is 6. The smallest absolute Gasteiger partial charge is 0.296 e. The van der Waals surface area contributed by atoms with Crippen LogP contribution in [-0.4, -0.2) is 72.0 Å². The molecule has 56 heavy (non-hydrogen) atoms. The van der Waals surface area contributed by atoms with Gasteiger partial charge in [-0.3, -0.25) is 18.2 Å². The zero-order valence-electron chi connectivity index (χ0n) is 27.5. The van der Waals surface area contributed by atoms with Crippen LogP contribution in [0.1, 0.15) is 0 Å². The first-order valence-corrected chi connectivity index (χ1v) is 21.0. The molecule has 0 unspecified atom stereocenters. The zero-order chi connectivity index (χ0) is 40.4. The number of phenolic OH excluding ortho intramolecular Hbond substituents is 1. The first-order chi connectivity index (χ1) is 26.2. The second-order valence-corrected chi connectivity index (χ2v) is 17.4. The zero-order valence-corrected chi connectivity index (χ0v) is 30.8. The molecule has 0 fully saturated rings. The highest BCUT2D eigenvalue weighted by Crippen LogP contribution is 2.42. The normalized spacial score (nSPS) is 13.1. The lowest BCUT2D eigenvalue weighted by atomic mass is 10.1. The van der Waals surface area contributed by atoms with Crippen LogP contribution in [0.3, 0.4) is 0 Å². The van der Waals surface area contributed by atoms with Gasteiger partial charge in [0.1, 0.15) is 26.5 Å². The Morgan fingerprint density at radius 1 is 0.500 bits per heavy atom. The van der Waals surface area contributed by atoms with E-state index in [-0.39, 0.29) is 54.5 Å². The van der Waals surface area contributed by atoms with Crippen LogP contribution in [0.2, 0.25) is 0 Å². The van der Waals surface area contributed by atoms with Crippen LogP contribution < -0.4 is 0 Å². The lowest BCUT2D eigenvalue weighted by Gasteiger charge is -2.10. The van der Waals surface area contributed by atoms with Crippen LogP contribution in [-0.2, 0) is 40.5 Å². The first kappa shape index (κ1) is 38.2. The molecular formula is C32H21N7O13S4. The summed E-state index contributed by atoms with van der Waals surface area (Å²) >= 11 is 0. The molecule has 0 bridgehead atoms. The third kappa shape index (κ3) is 7.57. The standard InChI is InChI=1S/C32H21N7O13S4/c40-32-25-11-8-22(39-37-26-12-1-17-14-24(54(44,45)46)16-27(55(47,48)49)29(17)30(26)38-39)13-18(25)15-28(56(50,51)52)31(32)36-35-20-4-2-19(3-5-20)33-34-21-6-9-23(10-7-21)53(41,42)43/h1-16,40H,(H,41,42,43)(H,44,45,46)(H,47,48,49)(H,50,51,52). The molecule has 0 radical (unpaired) electrons. The van der Waals surface area contributed by atoms with E-state index >= 15 is 0 Å². The van der Waals surface area contributed by atoms with Crippen LogP contribution in [0, 0.1) is 0 Å². The summed E-state index contributed by atoms with van der Waals surface area (Å²) in [5.74, 6) is -0.673. The first-order valence-electron chi connectivity index (χ1n) is 15.2. The van der Waals surface area contributed by atoms with Crippen LogP contribution in [0.25, 0.3) is 38.3 Å². The fourth-order valence-electron chi connectivity index (χ4n) is 5.49. The molecule has 1 heterocycles. The van der Waals surface area contributed by atoms with Crippen molar-refractivity contribution in [2.75, 3.05) is 0 Å². The highest BCUT2D eigenvalue weighted by molar-refractivity contribution is 7.87. The molecule has 6 aromatic carbocycles. The Hall–Kier alpha value is -6.12. The number of aromatic hydroxyl groups is 1. The summed E-state index contributed by atoms with van der Waals surface area (Å²) in [5, 5.41) is 35.5. The molecule has 0 saturated carbocycles. The van der Waals surface area contributed by atoms with Gasteiger partial charge >= 0.3 is 0 Å². The summed E-state index contributed by atoms with van der Waals surface area (Å²) in [5.41, 5.74) is 0.335. The summed E-state index contributed by atoms with van der Waals surface area (Å²) in [6.07, 6.45) is 0. The third-order valence-electron chi connectivity index (χ3n) is 8.05. The number of fused-ring (bicyclic) bond motifs is 4. The van der Waals surface area contributed by atoms with E-state index in [0.29, 0.717) is 11.8 Å². The quantitative estimate of drug-likeness (QED) is 0.0792. The SMILES string of the molecule is O=S(=O)(O)c1ccc(N=Nc2ccc(N=Nc3c(S(=O)(=O)O)cc4cc(-n5nc6ccc7cc(S(=O)(=O)O)cc(S(=O)(=O)O)c7c6n5)ccc4c3O)cc2)cc1. The molecule has 5 N–H and O–H groups in total. The Bertz CT molecular complexity index is 3300. The molecule has 0 spiro atoms. The van der Waals surface area contributed by atoms with Crippen molar-refractivity contribution in [3.05, 3.63) is 97.1 Å². The summed E-state index contributed by atoms with van der Waals surface area (Å²) < 4.78 is 134. The molecule has 0 amide bonds. The number of hydrogen-bond donors (Lipinski definition) is 5. The second-order valence-electron chi connectivity index (χ2n) is 11.7. The molecule has 0 atom stereocenters. The molecule has 7 rings (SSSR count). The minimum absolute atomic E-state index is 0.0269. The fraction of sp³-hybridized carbons (Fsp3) is 0. The van der Waals surface area contributed by atoms with E-state index in [4.69, 9.17) is 4.55 Å². The van der Waals surface area contributed by atoms with Crippen LogP contribution >= 0.6 is 0 Å². The van der Waals surface area contributed by atoms with E-state index in [2.05, 4.69) is 30.7 Å². The van der Waals surface area contributed by atoms with E-state index in [0.717, 1.165) is 29.1 Å². The van der Waals surface area contributed by atoms with E-state index in [1.54, 1.807) is 0 Å². The second kappa shape index (κ2) is 13.6. The monoisotopic (exact) mass is 839 g/mol. The molecular weight excluding hydrogens is 819 g/mol. The van der Waals surface area contributed by atoms with Gasteiger partial charge in [0.15, 0.2) is 5.75 Å². The number of azo groups is 2.